The maximum atomic E-state index is 10.5. The van der Waals surface area contributed by atoms with Crippen molar-refractivity contribution >= 4 is 6.08 Å². The second-order valence-electron chi connectivity index (χ2n) is 8.07. The fourth-order valence-corrected chi connectivity index (χ4v) is 4.78. The Labute approximate surface area is 133 Å². The van der Waals surface area contributed by atoms with E-state index in [1.54, 1.807) is 0 Å². The number of allylic oxidation sites excluding steroid dienone is 1. The van der Waals surface area contributed by atoms with Crippen LogP contribution in [-0.4, -0.2) is 16.8 Å². The second kappa shape index (κ2) is 5.13. The molecule has 0 aromatic heterocycles. The van der Waals surface area contributed by atoms with E-state index in [1.807, 2.05) is 6.07 Å². The predicted molar refractivity (Wildman–Crippen MR) is 91.1 cm³/mol. The average molecular weight is 300 g/mol. The van der Waals surface area contributed by atoms with Gasteiger partial charge in [0.2, 0.25) is 0 Å². The summed E-state index contributed by atoms with van der Waals surface area (Å²) in [4.78, 5) is 0. The van der Waals surface area contributed by atoms with E-state index in [0.717, 1.165) is 24.8 Å². The van der Waals surface area contributed by atoms with Crippen LogP contribution in [0.2, 0.25) is 0 Å². The summed E-state index contributed by atoms with van der Waals surface area (Å²) in [6.07, 6.45) is 7.82. The zero-order chi connectivity index (χ0) is 16.1. The molecule has 1 aromatic rings. The van der Waals surface area contributed by atoms with E-state index >= 15 is 0 Å². The number of aliphatic hydroxyl groups is 1. The Hall–Kier alpha value is -1.28. The van der Waals surface area contributed by atoms with E-state index in [2.05, 4.69) is 45.9 Å². The first-order valence-corrected chi connectivity index (χ1v) is 8.48. The lowest BCUT2D eigenvalue weighted by Crippen LogP contribution is -2.48. The van der Waals surface area contributed by atoms with E-state index in [9.17, 15) is 10.2 Å². The summed E-state index contributed by atoms with van der Waals surface area (Å²) in [6, 6.07) is 4.14. The quantitative estimate of drug-likeness (QED) is 0.838. The molecular formula is C20H28O2. The van der Waals surface area contributed by atoms with Crippen LogP contribution in [0.25, 0.3) is 6.08 Å². The van der Waals surface area contributed by atoms with Crippen LogP contribution in [0.5, 0.6) is 5.75 Å². The van der Waals surface area contributed by atoms with Gasteiger partial charge >= 0.3 is 0 Å². The van der Waals surface area contributed by atoms with Crippen LogP contribution in [0.15, 0.2) is 18.2 Å². The molecule has 0 bridgehead atoms. The highest BCUT2D eigenvalue weighted by Gasteiger charge is 2.50. The highest BCUT2D eigenvalue weighted by atomic mass is 16.3. The zero-order valence-electron chi connectivity index (χ0n) is 14.2. The molecule has 2 heteroatoms. The van der Waals surface area contributed by atoms with Gasteiger partial charge in [0.05, 0.1) is 0 Å². The maximum absolute atomic E-state index is 10.5. The molecule has 3 rings (SSSR count). The van der Waals surface area contributed by atoms with E-state index in [1.165, 1.54) is 11.1 Å². The van der Waals surface area contributed by atoms with Crippen molar-refractivity contribution in [2.45, 2.75) is 58.3 Å². The van der Waals surface area contributed by atoms with Crippen molar-refractivity contribution in [2.75, 3.05) is 6.61 Å². The van der Waals surface area contributed by atoms with Gasteiger partial charge in [-0.15, -0.1) is 0 Å². The molecule has 1 aromatic carbocycles. The van der Waals surface area contributed by atoms with Gasteiger partial charge in [0.25, 0.3) is 0 Å². The number of phenols is 1. The monoisotopic (exact) mass is 300 g/mol. The van der Waals surface area contributed by atoms with Gasteiger partial charge in [-0.3, -0.25) is 0 Å². The van der Waals surface area contributed by atoms with Crippen LogP contribution in [0.3, 0.4) is 0 Å². The Kier molecular flexibility index (Phi) is 3.64. The lowest BCUT2D eigenvalue weighted by Gasteiger charge is -2.53. The number of aromatic hydroxyl groups is 1. The summed E-state index contributed by atoms with van der Waals surface area (Å²) < 4.78 is 0. The predicted octanol–water partition coefficient (Wildman–Crippen LogP) is 4.60. The minimum Gasteiger partial charge on any atom is -0.508 e. The third kappa shape index (κ3) is 2.11. The van der Waals surface area contributed by atoms with Crippen molar-refractivity contribution in [3.63, 3.8) is 0 Å². The molecule has 2 aliphatic rings. The number of phenolic OH excluding ortho intramolecular Hbond substituents is 1. The third-order valence-corrected chi connectivity index (χ3v) is 6.15. The fourth-order valence-electron chi connectivity index (χ4n) is 4.78. The highest BCUT2D eigenvalue weighted by Crippen LogP contribution is 2.56. The lowest BCUT2D eigenvalue weighted by molar-refractivity contribution is 0.0170. The van der Waals surface area contributed by atoms with Crippen molar-refractivity contribution in [1.82, 2.24) is 0 Å². The maximum Gasteiger partial charge on any atom is 0.119 e. The van der Waals surface area contributed by atoms with Gasteiger partial charge in [0.1, 0.15) is 5.75 Å². The summed E-state index contributed by atoms with van der Waals surface area (Å²) in [7, 11) is 0. The molecule has 3 atom stereocenters. The number of hydrogen-bond donors (Lipinski definition) is 2. The summed E-state index contributed by atoms with van der Waals surface area (Å²) in [5.74, 6) is 1.06. The number of rotatable bonds is 2. The topological polar surface area (TPSA) is 40.5 Å². The standard InChI is InChI=1S/C20H28O2/c1-13(2)15-10-14-6-7-18-19(3,12-21)8-5-9-20(18,4)16(14)11-17(15)22/h6-7,10-11,13,18,21-22H,5,8-9,12H2,1-4H3. The Morgan fingerprint density at radius 1 is 1.23 bits per heavy atom. The van der Waals surface area contributed by atoms with Gasteiger partial charge in [-0.2, -0.15) is 0 Å². The molecule has 3 unspecified atom stereocenters. The van der Waals surface area contributed by atoms with E-state index in [4.69, 9.17) is 0 Å². The first-order chi connectivity index (χ1) is 10.3. The van der Waals surface area contributed by atoms with Crippen molar-refractivity contribution in [1.29, 1.82) is 0 Å². The first-order valence-electron chi connectivity index (χ1n) is 8.48. The largest absolute Gasteiger partial charge is 0.508 e. The Bertz CT molecular complexity index is 616. The van der Waals surface area contributed by atoms with Crippen molar-refractivity contribution in [3.05, 3.63) is 34.9 Å². The lowest BCUT2D eigenvalue weighted by atomic mass is 9.52. The minimum atomic E-state index is -0.0620. The van der Waals surface area contributed by atoms with E-state index in [-0.39, 0.29) is 17.4 Å². The molecule has 0 spiro atoms. The Morgan fingerprint density at radius 2 is 1.95 bits per heavy atom. The zero-order valence-corrected chi connectivity index (χ0v) is 14.2. The second-order valence-corrected chi connectivity index (χ2v) is 8.07. The van der Waals surface area contributed by atoms with Crippen LogP contribution in [0.1, 0.15) is 69.6 Å². The average Bonchev–Trinajstić information content (AvgIpc) is 2.47. The number of aliphatic hydroxyl groups excluding tert-OH is 1. The van der Waals surface area contributed by atoms with Crippen LogP contribution in [0, 0.1) is 11.3 Å². The molecule has 0 aliphatic heterocycles. The highest BCUT2D eigenvalue weighted by molar-refractivity contribution is 5.64. The SMILES string of the molecule is CC(C)c1cc2c(cc1O)C1(C)CCCC(C)(CO)C1C=C2. The van der Waals surface area contributed by atoms with Crippen molar-refractivity contribution in [3.8, 4) is 5.75 Å². The van der Waals surface area contributed by atoms with Gasteiger partial charge in [0.15, 0.2) is 0 Å². The Balaban J connectivity index is 2.15. The van der Waals surface area contributed by atoms with Crippen LogP contribution < -0.4 is 0 Å². The molecule has 0 heterocycles. The van der Waals surface area contributed by atoms with Crippen molar-refractivity contribution in [2.24, 2.45) is 11.3 Å². The Morgan fingerprint density at radius 3 is 2.59 bits per heavy atom. The van der Waals surface area contributed by atoms with Gasteiger partial charge < -0.3 is 10.2 Å². The summed E-state index contributed by atoms with van der Waals surface area (Å²) in [5.41, 5.74) is 3.45. The van der Waals surface area contributed by atoms with Gasteiger partial charge in [-0.05, 0) is 58.9 Å². The molecule has 0 radical (unpaired) electrons. The number of fused-ring (bicyclic) bond motifs is 3. The summed E-state index contributed by atoms with van der Waals surface area (Å²) >= 11 is 0. The molecule has 0 saturated heterocycles. The normalized spacial score (nSPS) is 33.6. The minimum absolute atomic E-state index is 0.00675. The molecule has 2 nitrogen and oxygen atoms in total. The molecule has 120 valence electrons. The van der Waals surface area contributed by atoms with E-state index < -0.39 is 0 Å². The number of hydrogen-bond acceptors (Lipinski definition) is 2. The van der Waals surface area contributed by atoms with Gasteiger partial charge in [0, 0.05) is 12.0 Å². The summed E-state index contributed by atoms with van der Waals surface area (Å²) in [5, 5.41) is 20.4. The molecular weight excluding hydrogens is 272 g/mol. The molecule has 2 N–H and O–H groups in total. The smallest absolute Gasteiger partial charge is 0.119 e. The molecule has 22 heavy (non-hydrogen) atoms. The number of benzene rings is 1. The molecule has 0 amide bonds. The van der Waals surface area contributed by atoms with E-state index in [0.29, 0.717) is 17.6 Å². The van der Waals surface area contributed by atoms with Crippen LogP contribution in [0.4, 0.5) is 0 Å². The van der Waals surface area contributed by atoms with Gasteiger partial charge in [-0.25, -0.2) is 0 Å². The first kappa shape index (κ1) is 15.6. The molecule has 1 fully saturated rings. The van der Waals surface area contributed by atoms with Crippen molar-refractivity contribution < 1.29 is 10.2 Å². The fraction of sp³-hybridized carbons (Fsp3) is 0.600. The summed E-state index contributed by atoms with van der Waals surface area (Å²) in [6.45, 7) is 8.96. The molecule has 1 saturated carbocycles. The third-order valence-electron chi connectivity index (χ3n) is 6.15. The van der Waals surface area contributed by atoms with Gasteiger partial charge in [-0.1, -0.05) is 46.3 Å². The van der Waals surface area contributed by atoms with Crippen LogP contribution in [-0.2, 0) is 5.41 Å². The van der Waals surface area contributed by atoms with Crippen LogP contribution >= 0.6 is 0 Å². The molecule has 2 aliphatic carbocycles.